The molecule has 0 fully saturated rings. The summed E-state index contributed by atoms with van der Waals surface area (Å²) in [4.78, 5) is 18.1. The molecule has 0 spiro atoms. The van der Waals surface area contributed by atoms with Gasteiger partial charge in [-0.05, 0) is 40.2 Å². The minimum Gasteiger partial charge on any atom is -0.481 e. The topological polar surface area (TPSA) is 84.9 Å². The first kappa shape index (κ1) is 16.7. The van der Waals surface area contributed by atoms with Crippen LogP contribution in [0.1, 0.15) is 53.8 Å². The SMILES string of the molecule is Cc1noc2c1-c1sc(C)c(C)c1C(OC(C)C)=N[C@H]2CC(=O)O. The van der Waals surface area contributed by atoms with Crippen LogP contribution in [0.2, 0.25) is 0 Å². The zero-order chi connectivity index (χ0) is 17.6. The molecule has 0 radical (unpaired) electrons. The van der Waals surface area contributed by atoms with Crippen LogP contribution in [0.3, 0.4) is 0 Å². The number of rotatable bonds is 3. The van der Waals surface area contributed by atoms with Crippen LogP contribution in [0.5, 0.6) is 0 Å². The maximum atomic E-state index is 11.3. The predicted molar refractivity (Wildman–Crippen MR) is 91.8 cm³/mol. The number of hydrogen-bond donors (Lipinski definition) is 1. The van der Waals surface area contributed by atoms with Crippen LogP contribution < -0.4 is 0 Å². The Bertz CT molecular complexity index is 832. The van der Waals surface area contributed by atoms with E-state index in [0.717, 1.165) is 27.3 Å². The summed E-state index contributed by atoms with van der Waals surface area (Å²) in [6, 6.07) is -0.647. The number of hydrogen-bond acceptors (Lipinski definition) is 6. The molecule has 128 valence electrons. The number of aryl methyl sites for hydroxylation is 2. The quantitative estimate of drug-likeness (QED) is 0.905. The lowest BCUT2D eigenvalue weighted by Gasteiger charge is -2.14. The van der Waals surface area contributed by atoms with Crippen molar-refractivity contribution in [2.75, 3.05) is 0 Å². The summed E-state index contributed by atoms with van der Waals surface area (Å²) in [5.74, 6) is 0.0458. The van der Waals surface area contributed by atoms with E-state index in [1.807, 2.05) is 27.7 Å². The Labute approximate surface area is 144 Å². The molecule has 3 heterocycles. The minimum absolute atomic E-state index is 0.0645. The number of aliphatic imine (C=N–C) groups is 1. The van der Waals surface area contributed by atoms with E-state index in [1.54, 1.807) is 11.3 Å². The summed E-state index contributed by atoms with van der Waals surface area (Å²) in [6.07, 6.45) is -0.232. The third kappa shape index (κ3) is 2.73. The van der Waals surface area contributed by atoms with E-state index in [4.69, 9.17) is 9.26 Å². The van der Waals surface area contributed by atoms with Gasteiger partial charge in [-0.1, -0.05) is 5.16 Å². The normalized spacial score (nSPS) is 16.4. The van der Waals surface area contributed by atoms with Crippen molar-refractivity contribution in [2.45, 2.75) is 53.2 Å². The van der Waals surface area contributed by atoms with Crippen molar-refractivity contribution in [2.24, 2.45) is 4.99 Å². The fourth-order valence-corrected chi connectivity index (χ4v) is 4.09. The van der Waals surface area contributed by atoms with E-state index in [9.17, 15) is 9.90 Å². The number of carboxylic acids is 1. The van der Waals surface area contributed by atoms with Crippen LogP contribution in [-0.4, -0.2) is 28.2 Å². The highest BCUT2D eigenvalue weighted by atomic mass is 32.1. The van der Waals surface area contributed by atoms with Gasteiger partial charge in [0.2, 0.25) is 5.90 Å². The van der Waals surface area contributed by atoms with Crippen molar-refractivity contribution in [3.05, 3.63) is 27.5 Å². The molecule has 2 aromatic heterocycles. The molecule has 1 aliphatic rings. The molecular formula is C17H20N2O4S. The van der Waals surface area contributed by atoms with Gasteiger partial charge in [0, 0.05) is 4.88 Å². The highest BCUT2D eigenvalue weighted by molar-refractivity contribution is 7.16. The second kappa shape index (κ2) is 6.05. The fraction of sp³-hybridized carbons (Fsp3) is 0.471. The van der Waals surface area contributed by atoms with Gasteiger partial charge >= 0.3 is 5.97 Å². The van der Waals surface area contributed by atoms with Gasteiger partial charge in [0.05, 0.1) is 34.2 Å². The number of aliphatic carboxylic acids is 1. The molecule has 1 atom stereocenters. The maximum absolute atomic E-state index is 11.3. The molecule has 0 saturated heterocycles. The Kier molecular flexibility index (Phi) is 4.21. The lowest BCUT2D eigenvalue weighted by atomic mass is 10.0. The molecule has 0 amide bonds. The average molecular weight is 348 g/mol. The molecule has 0 saturated carbocycles. The summed E-state index contributed by atoms with van der Waals surface area (Å²) in [5.41, 5.74) is 3.61. The molecule has 1 N–H and O–H groups in total. The van der Waals surface area contributed by atoms with Crippen LogP contribution in [0.25, 0.3) is 10.4 Å². The van der Waals surface area contributed by atoms with Gasteiger partial charge in [-0.15, -0.1) is 11.3 Å². The molecular weight excluding hydrogens is 328 g/mol. The molecule has 0 aromatic carbocycles. The second-order valence-corrected chi connectivity index (χ2v) is 7.43. The van der Waals surface area contributed by atoms with Crippen molar-refractivity contribution >= 4 is 23.2 Å². The number of fused-ring (bicyclic) bond motifs is 3. The van der Waals surface area contributed by atoms with Crippen molar-refractivity contribution in [3.8, 4) is 10.4 Å². The van der Waals surface area contributed by atoms with Crippen LogP contribution in [0.4, 0.5) is 0 Å². The maximum Gasteiger partial charge on any atom is 0.306 e. The van der Waals surface area contributed by atoms with E-state index in [1.165, 1.54) is 4.88 Å². The summed E-state index contributed by atoms with van der Waals surface area (Å²) < 4.78 is 11.4. The molecule has 0 aliphatic carbocycles. The Morgan fingerprint density at radius 2 is 2.04 bits per heavy atom. The lowest BCUT2D eigenvalue weighted by molar-refractivity contribution is -0.137. The number of carboxylic acid groups (broad SMARTS) is 1. The summed E-state index contributed by atoms with van der Waals surface area (Å²) in [5, 5.41) is 13.3. The Balaban J connectivity index is 2.28. The van der Waals surface area contributed by atoms with E-state index in [0.29, 0.717) is 11.7 Å². The number of carbonyl (C=O) groups is 1. The zero-order valence-corrected chi connectivity index (χ0v) is 15.2. The molecule has 2 aromatic rings. The van der Waals surface area contributed by atoms with Crippen molar-refractivity contribution in [3.63, 3.8) is 0 Å². The largest absolute Gasteiger partial charge is 0.481 e. The van der Waals surface area contributed by atoms with Gasteiger partial charge < -0.3 is 14.4 Å². The molecule has 0 unspecified atom stereocenters. The van der Waals surface area contributed by atoms with Crippen LogP contribution >= 0.6 is 11.3 Å². The minimum atomic E-state index is -0.939. The monoisotopic (exact) mass is 348 g/mol. The van der Waals surface area contributed by atoms with Gasteiger partial charge in [0.15, 0.2) is 5.76 Å². The predicted octanol–water partition coefficient (Wildman–Crippen LogP) is 4.03. The standard InChI is InChI=1S/C17H20N2O4S/c1-7(2)22-17-13-8(3)10(5)24-16(13)14-9(4)19-23-15(14)11(18-17)6-12(20)21/h7,11H,6H2,1-5H3,(H,20,21)/t11-/m0/s1. The molecule has 7 heteroatoms. The van der Waals surface area contributed by atoms with Gasteiger partial charge in [-0.3, -0.25) is 4.79 Å². The van der Waals surface area contributed by atoms with Crippen LogP contribution in [0, 0.1) is 20.8 Å². The first-order valence-corrected chi connectivity index (χ1v) is 8.64. The molecule has 0 bridgehead atoms. The average Bonchev–Trinajstić information content (AvgIpc) is 2.94. The number of ether oxygens (including phenoxy) is 1. The third-order valence-corrected chi connectivity index (χ3v) is 5.23. The second-order valence-electron chi connectivity index (χ2n) is 6.21. The summed E-state index contributed by atoms with van der Waals surface area (Å²) in [7, 11) is 0. The first-order chi connectivity index (χ1) is 11.3. The highest BCUT2D eigenvalue weighted by Crippen LogP contribution is 2.45. The summed E-state index contributed by atoms with van der Waals surface area (Å²) >= 11 is 1.64. The van der Waals surface area contributed by atoms with Crippen molar-refractivity contribution in [1.82, 2.24) is 5.16 Å². The Morgan fingerprint density at radius 1 is 1.33 bits per heavy atom. The van der Waals surface area contributed by atoms with Gasteiger partial charge in [-0.2, -0.15) is 0 Å². The van der Waals surface area contributed by atoms with Gasteiger partial charge in [-0.25, -0.2) is 4.99 Å². The van der Waals surface area contributed by atoms with Gasteiger partial charge in [0.1, 0.15) is 6.04 Å². The zero-order valence-electron chi connectivity index (χ0n) is 14.3. The van der Waals surface area contributed by atoms with Crippen LogP contribution in [0.15, 0.2) is 9.52 Å². The van der Waals surface area contributed by atoms with Gasteiger partial charge in [0.25, 0.3) is 0 Å². The molecule has 6 nitrogen and oxygen atoms in total. The number of aromatic nitrogens is 1. The molecule has 1 aliphatic heterocycles. The Hall–Kier alpha value is -2.15. The summed E-state index contributed by atoms with van der Waals surface area (Å²) in [6.45, 7) is 9.81. The highest BCUT2D eigenvalue weighted by Gasteiger charge is 2.34. The number of nitrogens with zero attached hydrogens (tertiary/aromatic N) is 2. The third-order valence-electron chi connectivity index (χ3n) is 4.01. The van der Waals surface area contributed by atoms with Crippen molar-refractivity contribution < 1.29 is 19.2 Å². The Morgan fingerprint density at radius 3 is 2.67 bits per heavy atom. The van der Waals surface area contributed by atoms with Crippen molar-refractivity contribution in [1.29, 1.82) is 0 Å². The molecule has 24 heavy (non-hydrogen) atoms. The lowest BCUT2D eigenvalue weighted by Crippen LogP contribution is -2.15. The van der Waals surface area contributed by atoms with E-state index >= 15 is 0 Å². The smallest absolute Gasteiger partial charge is 0.306 e. The van der Waals surface area contributed by atoms with E-state index in [-0.39, 0.29) is 12.5 Å². The van der Waals surface area contributed by atoms with E-state index in [2.05, 4.69) is 17.1 Å². The number of thiophene rings is 1. The van der Waals surface area contributed by atoms with E-state index < -0.39 is 12.0 Å². The van der Waals surface area contributed by atoms with Crippen LogP contribution in [-0.2, 0) is 9.53 Å². The first-order valence-electron chi connectivity index (χ1n) is 7.82. The fourth-order valence-electron chi connectivity index (χ4n) is 2.83. The molecule has 3 rings (SSSR count).